The summed E-state index contributed by atoms with van der Waals surface area (Å²) in [5, 5.41) is 0. The van der Waals surface area contributed by atoms with Crippen molar-refractivity contribution in [1.29, 1.82) is 0 Å². The Labute approximate surface area is 130 Å². The largest absolute Gasteiger partial charge is 1.00 e. The summed E-state index contributed by atoms with van der Waals surface area (Å²) in [6.45, 7) is 4.40. The van der Waals surface area contributed by atoms with Crippen molar-refractivity contribution in [2.75, 3.05) is 0 Å². The monoisotopic (exact) mass is 354 g/mol. The van der Waals surface area contributed by atoms with Crippen LogP contribution in [0.25, 0.3) is 5.57 Å². The van der Waals surface area contributed by atoms with Gasteiger partial charge in [0.2, 0.25) is 0 Å². The molecule has 0 N–H and O–H groups in total. The van der Waals surface area contributed by atoms with Gasteiger partial charge in [0.1, 0.15) is 0 Å². The number of halogens is 3. The van der Waals surface area contributed by atoms with Gasteiger partial charge in [-0.05, 0) is 0 Å². The molecule has 1 aliphatic carbocycles. The van der Waals surface area contributed by atoms with Gasteiger partial charge in [0.25, 0.3) is 0 Å². The standard InChI is InChI=1S/C11H11O.3ClH.Zr/c1-8-6-9(2)10(7-8)11-4-3-5-12-11;;;;/h3-6,8H,1-2H3;3*1H;/q;;;;+3/p-3. The molecule has 1 aromatic heterocycles. The van der Waals surface area contributed by atoms with Crippen LogP contribution in [0.15, 0.2) is 37.7 Å². The van der Waals surface area contributed by atoms with Crippen LogP contribution in [0, 0.1) is 5.92 Å². The molecule has 1 unspecified atom stereocenters. The van der Waals surface area contributed by atoms with Crippen molar-refractivity contribution in [2.45, 2.75) is 13.8 Å². The number of hydrogen-bond donors (Lipinski definition) is 0. The fraction of sp³-hybridized carbons (Fsp3) is 0.273. The molecule has 0 saturated carbocycles. The molecule has 1 heterocycles. The van der Waals surface area contributed by atoms with E-state index in [1.807, 2.05) is 12.1 Å². The van der Waals surface area contributed by atoms with E-state index in [4.69, 9.17) is 4.42 Å². The van der Waals surface area contributed by atoms with Crippen LogP contribution in [-0.2, 0) is 24.7 Å². The molecule has 0 saturated heterocycles. The van der Waals surface area contributed by atoms with E-state index >= 15 is 0 Å². The first-order valence-electron chi connectivity index (χ1n) is 4.38. The Balaban J connectivity index is 0. The van der Waals surface area contributed by atoms with Crippen molar-refractivity contribution in [1.82, 2.24) is 0 Å². The fourth-order valence-corrected chi connectivity index (χ4v) is 2.72. The second-order valence-corrected chi connectivity index (χ2v) is 4.73. The summed E-state index contributed by atoms with van der Waals surface area (Å²) >= 11 is 1.49. The first-order chi connectivity index (χ1) is 6.20. The third-order valence-corrected chi connectivity index (χ3v) is 4.12. The minimum absolute atomic E-state index is 0. The van der Waals surface area contributed by atoms with Gasteiger partial charge in [0.05, 0.1) is 0 Å². The normalized spacial score (nSPS) is 18.2. The van der Waals surface area contributed by atoms with Crippen molar-refractivity contribution < 1.29 is 66.4 Å². The molecule has 1 aromatic rings. The van der Waals surface area contributed by atoms with Gasteiger partial charge < -0.3 is 37.2 Å². The summed E-state index contributed by atoms with van der Waals surface area (Å²) in [4.78, 5) is 0. The Kier molecular flexibility index (Phi) is 9.16. The molecule has 0 bridgehead atoms. The van der Waals surface area contributed by atoms with Crippen LogP contribution in [0.3, 0.4) is 0 Å². The maximum Gasteiger partial charge on any atom is -1.00 e. The quantitative estimate of drug-likeness (QED) is 0.489. The average molecular weight is 357 g/mol. The van der Waals surface area contributed by atoms with Crippen LogP contribution in [0.5, 0.6) is 0 Å². The second kappa shape index (κ2) is 7.77. The molecule has 0 aromatic carbocycles. The zero-order chi connectivity index (χ0) is 9.42. The Bertz CT molecular complexity index is 382. The second-order valence-electron chi connectivity index (χ2n) is 3.40. The third-order valence-electron chi connectivity index (χ3n) is 2.39. The van der Waals surface area contributed by atoms with E-state index in [2.05, 4.69) is 19.9 Å². The van der Waals surface area contributed by atoms with Crippen molar-refractivity contribution in [3.63, 3.8) is 0 Å². The SMILES string of the molecule is CC1=CC(C)[C]([Zr+3])=C1c1ccco1.[Cl-].[Cl-].[Cl-]. The topological polar surface area (TPSA) is 13.1 Å². The van der Waals surface area contributed by atoms with Crippen molar-refractivity contribution in [3.05, 3.63) is 39.1 Å². The first kappa shape index (κ1) is 18.9. The molecular weight excluding hydrogens is 346 g/mol. The predicted octanol–water partition coefficient (Wildman–Crippen LogP) is -5.85. The van der Waals surface area contributed by atoms with Crippen molar-refractivity contribution >= 4 is 5.57 Å². The van der Waals surface area contributed by atoms with E-state index in [-0.39, 0.29) is 37.2 Å². The fourth-order valence-electron chi connectivity index (χ4n) is 1.73. The van der Waals surface area contributed by atoms with Crippen LogP contribution in [-0.4, -0.2) is 0 Å². The molecule has 0 aliphatic heterocycles. The summed E-state index contributed by atoms with van der Waals surface area (Å²) in [5.41, 5.74) is 2.69. The average Bonchev–Trinajstić information content (AvgIpc) is 2.63. The minimum atomic E-state index is 0. The van der Waals surface area contributed by atoms with Crippen LogP contribution < -0.4 is 37.2 Å². The van der Waals surface area contributed by atoms with Gasteiger partial charge >= 0.3 is 93.6 Å². The van der Waals surface area contributed by atoms with Gasteiger partial charge in [-0.2, -0.15) is 0 Å². The van der Waals surface area contributed by atoms with Crippen LogP contribution in [0.4, 0.5) is 0 Å². The Morgan fingerprint density at radius 3 is 2.25 bits per heavy atom. The van der Waals surface area contributed by atoms with Gasteiger partial charge in [-0.3, -0.25) is 0 Å². The smallest absolute Gasteiger partial charge is 1.00 e. The van der Waals surface area contributed by atoms with Gasteiger partial charge in [-0.25, -0.2) is 0 Å². The maximum absolute atomic E-state index is 5.42. The van der Waals surface area contributed by atoms with Crippen LogP contribution in [0.2, 0.25) is 0 Å². The van der Waals surface area contributed by atoms with E-state index in [0.717, 1.165) is 5.76 Å². The summed E-state index contributed by atoms with van der Waals surface area (Å²) in [6.07, 6.45) is 4.05. The van der Waals surface area contributed by atoms with E-state index in [1.165, 1.54) is 39.1 Å². The summed E-state index contributed by atoms with van der Waals surface area (Å²) in [7, 11) is 0. The van der Waals surface area contributed by atoms with Gasteiger partial charge in [0, 0.05) is 0 Å². The third kappa shape index (κ3) is 3.50. The Morgan fingerprint density at radius 1 is 1.25 bits per heavy atom. The zero-order valence-electron chi connectivity index (χ0n) is 8.93. The zero-order valence-corrected chi connectivity index (χ0v) is 13.7. The number of allylic oxidation sites excluding steroid dienone is 4. The molecule has 5 heteroatoms. The number of hydrogen-bond acceptors (Lipinski definition) is 1. The van der Waals surface area contributed by atoms with Gasteiger partial charge in [-0.15, -0.1) is 0 Å². The molecule has 0 spiro atoms. The van der Waals surface area contributed by atoms with Crippen molar-refractivity contribution in [2.24, 2.45) is 5.92 Å². The van der Waals surface area contributed by atoms with Crippen LogP contribution >= 0.6 is 0 Å². The van der Waals surface area contributed by atoms with Crippen LogP contribution in [0.1, 0.15) is 19.6 Å². The molecule has 2 rings (SSSR count). The molecule has 0 amide bonds. The van der Waals surface area contributed by atoms with Gasteiger partial charge in [0.15, 0.2) is 0 Å². The van der Waals surface area contributed by atoms with Crippen molar-refractivity contribution in [3.8, 4) is 0 Å². The Hall–Kier alpha value is 0.513. The predicted molar refractivity (Wildman–Crippen MR) is 48.5 cm³/mol. The van der Waals surface area contributed by atoms with E-state index in [1.54, 1.807) is 6.26 Å². The Morgan fingerprint density at radius 2 is 1.88 bits per heavy atom. The molecule has 0 fully saturated rings. The summed E-state index contributed by atoms with van der Waals surface area (Å²) < 4.78 is 6.92. The molecule has 0 radical (unpaired) electrons. The van der Waals surface area contributed by atoms with E-state index in [0.29, 0.717) is 5.92 Å². The number of furan rings is 1. The molecular formula is C11H11Cl3OZr. The molecule has 1 atom stereocenters. The summed E-state index contributed by atoms with van der Waals surface area (Å²) in [5.74, 6) is 1.61. The molecule has 86 valence electrons. The van der Waals surface area contributed by atoms with E-state index < -0.39 is 0 Å². The first-order valence-corrected chi connectivity index (χ1v) is 5.61. The minimum Gasteiger partial charge on any atom is -1.00 e. The number of rotatable bonds is 1. The summed E-state index contributed by atoms with van der Waals surface area (Å²) in [6, 6.07) is 3.98. The molecule has 16 heavy (non-hydrogen) atoms. The molecule has 1 aliphatic rings. The van der Waals surface area contributed by atoms with Gasteiger partial charge in [-0.1, -0.05) is 0 Å². The maximum atomic E-state index is 5.42. The molecule has 1 nitrogen and oxygen atoms in total. The van der Waals surface area contributed by atoms with E-state index in [9.17, 15) is 0 Å².